The summed E-state index contributed by atoms with van der Waals surface area (Å²) in [5.74, 6) is -2.81. The average molecular weight is 481 g/mol. The molecule has 1 atom stereocenters. The van der Waals surface area contributed by atoms with Crippen LogP contribution in [0.5, 0.6) is 0 Å². The lowest BCUT2D eigenvalue weighted by atomic mass is 10.1. The number of nitrogens with one attached hydrogen (secondary N) is 1. The van der Waals surface area contributed by atoms with Gasteiger partial charge in [-0.25, -0.2) is 4.79 Å². The molecule has 0 bridgehead atoms. The standard InChI is InChI=1S/C20H21N3O2S.C2HF3O2/c1-14-7-8-18(26-14)20(24)21-11-17-19-16(9-10-25-17)13-23(22-19)12-15-5-3-2-4-6-15;3-2(4,5)1(6)7/h2-8,13,17H,9-12H2,1H3,(H,21,24);(H,6,7). The molecule has 176 valence electrons. The van der Waals surface area contributed by atoms with Gasteiger partial charge in [0.15, 0.2) is 0 Å². The van der Waals surface area contributed by atoms with Crippen LogP contribution < -0.4 is 5.32 Å². The quantitative estimate of drug-likeness (QED) is 0.575. The van der Waals surface area contributed by atoms with Crippen molar-refractivity contribution in [2.45, 2.75) is 32.2 Å². The van der Waals surface area contributed by atoms with E-state index in [0.717, 1.165) is 28.4 Å². The molecule has 3 heterocycles. The number of halogens is 3. The zero-order valence-electron chi connectivity index (χ0n) is 17.6. The van der Waals surface area contributed by atoms with Crippen LogP contribution >= 0.6 is 11.3 Å². The van der Waals surface area contributed by atoms with Crippen LogP contribution in [0.2, 0.25) is 0 Å². The summed E-state index contributed by atoms with van der Waals surface area (Å²) in [5.41, 5.74) is 3.36. The minimum atomic E-state index is -5.08. The zero-order valence-corrected chi connectivity index (χ0v) is 18.4. The van der Waals surface area contributed by atoms with Crippen LogP contribution in [0, 0.1) is 6.92 Å². The highest BCUT2D eigenvalue weighted by molar-refractivity contribution is 7.13. The van der Waals surface area contributed by atoms with E-state index in [1.54, 1.807) is 0 Å². The number of carbonyl (C=O) groups excluding carboxylic acids is 1. The number of carbonyl (C=O) groups is 2. The van der Waals surface area contributed by atoms with E-state index < -0.39 is 12.1 Å². The van der Waals surface area contributed by atoms with Crippen LogP contribution in [0.3, 0.4) is 0 Å². The second-order valence-electron chi connectivity index (χ2n) is 7.26. The van der Waals surface area contributed by atoms with Gasteiger partial charge in [-0.2, -0.15) is 18.3 Å². The number of benzene rings is 1. The van der Waals surface area contributed by atoms with E-state index in [4.69, 9.17) is 19.7 Å². The Morgan fingerprint density at radius 1 is 1.24 bits per heavy atom. The number of aliphatic carboxylic acids is 1. The number of amides is 1. The Morgan fingerprint density at radius 3 is 2.55 bits per heavy atom. The maximum absolute atomic E-state index is 12.3. The van der Waals surface area contributed by atoms with Gasteiger partial charge in [-0.1, -0.05) is 30.3 Å². The van der Waals surface area contributed by atoms with Crippen molar-refractivity contribution in [3.63, 3.8) is 0 Å². The van der Waals surface area contributed by atoms with Gasteiger partial charge in [0.25, 0.3) is 5.91 Å². The Kier molecular flexibility index (Phi) is 7.88. The summed E-state index contributed by atoms with van der Waals surface area (Å²) >= 11 is 1.50. The van der Waals surface area contributed by atoms with Crippen LogP contribution in [-0.2, 0) is 22.5 Å². The number of aromatic nitrogens is 2. The molecule has 0 saturated heterocycles. The molecule has 11 heteroatoms. The third-order valence-electron chi connectivity index (χ3n) is 4.71. The number of fused-ring (bicyclic) bond motifs is 1. The van der Waals surface area contributed by atoms with Crippen molar-refractivity contribution >= 4 is 23.2 Å². The van der Waals surface area contributed by atoms with E-state index in [-0.39, 0.29) is 12.0 Å². The summed E-state index contributed by atoms with van der Waals surface area (Å²) < 4.78 is 39.6. The van der Waals surface area contributed by atoms with Gasteiger partial charge in [0.1, 0.15) is 6.10 Å². The fraction of sp³-hybridized carbons (Fsp3) is 0.318. The summed E-state index contributed by atoms with van der Waals surface area (Å²) in [5, 5.41) is 14.8. The Hall–Kier alpha value is -3.18. The van der Waals surface area contributed by atoms with Gasteiger partial charge in [0.2, 0.25) is 0 Å². The zero-order chi connectivity index (χ0) is 24.0. The van der Waals surface area contributed by atoms with Crippen molar-refractivity contribution < 1.29 is 32.6 Å². The fourth-order valence-electron chi connectivity index (χ4n) is 3.17. The first-order chi connectivity index (χ1) is 15.6. The first kappa shape index (κ1) is 24.5. The van der Waals surface area contributed by atoms with Crippen molar-refractivity contribution in [3.05, 3.63) is 75.2 Å². The van der Waals surface area contributed by atoms with Gasteiger partial charge in [-0.15, -0.1) is 11.3 Å². The third-order valence-corrected chi connectivity index (χ3v) is 5.71. The number of hydrogen-bond acceptors (Lipinski definition) is 5. The predicted octanol–water partition coefficient (Wildman–Crippen LogP) is 3.98. The molecule has 1 aliphatic heterocycles. The third kappa shape index (κ3) is 6.90. The molecule has 2 aromatic heterocycles. The van der Waals surface area contributed by atoms with E-state index in [1.165, 1.54) is 22.5 Å². The number of nitrogens with zero attached hydrogens (tertiary/aromatic N) is 2. The largest absolute Gasteiger partial charge is 0.490 e. The van der Waals surface area contributed by atoms with Crippen LogP contribution in [0.1, 0.15) is 37.5 Å². The van der Waals surface area contributed by atoms with E-state index in [2.05, 4.69) is 23.6 Å². The number of carboxylic acid groups (broad SMARTS) is 1. The molecule has 1 aromatic carbocycles. The van der Waals surface area contributed by atoms with E-state index >= 15 is 0 Å². The highest BCUT2D eigenvalue weighted by Crippen LogP contribution is 2.26. The van der Waals surface area contributed by atoms with Crippen LogP contribution in [0.15, 0.2) is 48.7 Å². The number of ether oxygens (including phenoxy) is 1. The van der Waals surface area contributed by atoms with E-state index in [1.807, 2.05) is 41.9 Å². The molecule has 0 spiro atoms. The molecular weight excluding hydrogens is 459 g/mol. The van der Waals surface area contributed by atoms with Gasteiger partial charge in [0.05, 0.1) is 23.7 Å². The number of alkyl halides is 3. The number of carboxylic acids is 1. The molecule has 0 aliphatic carbocycles. The fourth-order valence-corrected chi connectivity index (χ4v) is 3.95. The molecule has 33 heavy (non-hydrogen) atoms. The highest BCUT2D eigenvalue weighted by atomic mass is 32.1. The van der Waals surface area contributed by atoms with E-state index in [9.17, 15) is 18.0 Å². The van der Waals surface area contributed by atoms with Crippen molar-refractivity contribution in [1.29, 1.82) is 0 Å². The van der Waals surface area contributed by atoms with Crippen molar-refractivity contribution in [1.82, 2.24) is 15.1 Å². The van der Waals surface area contributed by atoms with Crippen LogP contribution in [0.25, 0.3) is 0 Å². The number of hydrogen-bond donors (Lipinski definition) is 2. The van der Waals surface area contributed by atoms with Crippen LogP contribution in [-0.4, -0.2) is 46.1 Å². The Balaban J connectivity index is 0.000000383. The summed E-state index contributed by atoms with van der Waals surface area (Å²) in [6.07, 6.45) is -2.32. The van der Waals surface area contributed by atoms with Crippen molar-refractivity contribution in [3.8, 4) is 0 Å². The summed E-state index contributed by atoms with van der Waals surface area (Å²) in [7, 11) is 0. The molecule has 3 aromatic rings. The molecule has 0 saturated carbocycles. The van der Waals surface area contributed by atoms with Gasteiger partial charge in [-0.3, -0.25) is 9.48 Å². The van der Waals surface area contributed by atoms with Crippen LogP contribution in [0.4, 0.5) is 13.2 Å². The topological polar surface area (TPSA) is 93.5 Å². The Morgan fingerprint density at radius 2 is 1.94 bits per heavy atom. The molecule has 2 N–H and O–H groups in total. The van der Waals surface area contributed by atoms with Gasteiger partial charge in [0, 0.05) is 17.6 Å². The number of aryl methyl sites for hydroxylation is 1. The lowest BCUT2D eigenvalue weighted by Crippen LogP contribution is -2.31. The normalized spacial score (nSPS) is 15.2. The molecule has 4 rings (SSSR count). The second-order valence-corrected chi connectivity index (χ2v) is 8.54. The lowest BCUT2D eigenvalue weighted by molar-refractivity contribution is -0.192. The average Bonchev–Trinajstić information content (AvgIpc) is 3.38. The molecule has 1 amide bonds. The van der Waals surface area contributed by atoms with Gasteiger partial charge < -0.3 is 15.2 Å². The molecule has 0 radical (unpaired) electrons. The summed E-state index contributed by atoms with van der Waals surface area (Å²) in [4.78, 5) is 23.0. The first-order valence-electron chi connectivity index (χ1n) is 10.00. The first-order valence-corrected chi connectivity index (χ1v) is 10.8. The molecule has 1 aliphatic rings. The molecule has 0 fully saturated rings. The van der Waals surface area contributed by atoms with Gasteiger partial charge >= 0.3 is 12.1 Å². The summed E-state index contributed by atoms with van der Waals surface area (Å²) in [6, 6.07) is 14.1. The number of rotatable bonds is 5. The smallest absolute Gasteiger partial charge is 0.475 e. The predicted molar refractivity (Wildman–Crippen MR) is 115 cm³/mol. The molecule has 1 unspecified atom stereocenters. The Labute approximate surface area is 191 Å². The number of thiophene rings is 1. The second kappa shape index (κ2) is 10.6. The minimum absolute atomic E-state index is 0.0532. The SMILES string of the molecule is Cc1ccc(C(=O)NCC2OCCc3cn(Cc4ccccc4)nc32)s1.O=C(O)C(F)(F)F. The lowest BCUT2D eigenvalue weighted by Gasteiger charge is -2.22. The summed E-state index contributed by atoms with van der Waals surface area (Å²) in [6.45, 7) is 3.83. The maximum Gasteiger partial charge on any atom is 0.490 e. The molecular formula is C22H22F3N3O4S. The maximum atomic E-state index is 12.3. The van der Waals surface area contributed by atoms with Crippen molar-refractivity contribution in [2.75, 3.05) is 13.2 Å². The van der Waals surface area contributed by atoms with E-state index in [0.29, 0.717) is 13.2 Å². The van der Waals surface area contributed by atoms with Crippen molar-refractivity contribution in [2.24, 2.45) is 0 Å². The Bertz CT molecular complexity index is 1100. The minimum Gasteiger partial charge on any atom is -0.475 e. The van der Waals surface area contributed by atoms with Gasteiger partial charge in [-0.05, 0) is 36.6 Å². The monoisotopic (exact) mass is 481 g/mol. The molecule has 7 nitrogen and oxygen atoms in total. The highest BCUT2D eigenvalue weighted by Gasteiger charge is 2.38.